The Bertz CT molecular complexity index is 592. The smallest absolute Gasteiger partial charge is 0.123 e. The van der Waals surface area contributed by atoms with E-state index in [0.717, 1.165) is 16.2 Å². The van der Waals surface area contributed by atoms with E-state index in [1.54, 1.807) is 25.3 Å². The van der Waals surface area contributed by atoms with E-state index in [-0.39, 0.29) is 5.82 Å². The summed E-state index contributed by atoms with van der Waals surface area (Å²) in [6.45, 7) is 0. The Hall–Kier alpha value is -1.39. The second kappa shape index (κ2) is 6.17. The predicted molar refractivity (Wildman–Crippen MR) is 78.4 cm³/mol. The first kappa shape index (κ1) is 14.0. The number of rotatable bonds is 4. The lowest BCUT2D eigenvalue weighted by Crippen LogP contribution is -1.92. The van der Waals surface area contributed by atoms with Gasteiger partial charge in [-0.2, -0.15) is 0 Å². The van der Waals surface area contributed by atoms with Crippen LogP contribution in [0.1, 0.15) is 5.56 Å². The second-order valence-corrected chi connectivity index (χ2v) is 5.35. The lowest BCUT2D eigenvalue weighted by molar-refractivity contribution is 0.414. The minimum absolute atomic E-state index is 0.293. The number of hydrogen-bond acceptors (Lipinski definition) is 3. The van der Waals surface area contributed by atoms with E-state index in [0.29, 0.717) is 16.5 Å². The molecule has 0 heterocycles. The molecule has 0 saturated heterocycles. The minimum atomic E-state index is -0.293. The minimum Gasteiger partial charge on any atom is -0.497 e. The molecule has 0 unspecified atom stereocenters. The number of halogens is 2. The number of ether oxygens (including phenoxy) is 1. The molecule has 19 heavy (non-hydrogen) atoms. The fraction of sp³-hybridized carbons (Fsp3) is 0.143. The highest BCUT2D eigenvalue weighted by Gasteiger charge is 2.06. The van der Waals surface area contributed by atoms with Gasteiger partial charge in [0.05, 0.1) is 7.11 Å². The summed E-state index contributed by atoms with van der Waals surface area (Å²) in [4.78, 5) is 0.889. The van der Waals surface area contributed by atoms with Crippen LogP contribution in [0.4, 0.5) is 10.1 Å². The molecule has 100 valence electrons. The third-order valence-corrected chi connectivity index (χ3v) is 4.10. The molecule has 0 aliphatic rings. The number of nitrogens with two attached hydrogens (primary N) is 1. The van der Waals surface area contributed by atoms with E-state index in [9.17, 15) is 4.39 Å². The average Bonchev–Trinajstić information content (AvgIpc) is 2.41. The lowest BCUT2D eigenvalue weighted by Gasteiger charge is -2.09. The van der Waals surface area contributed by atoms with Crippen LogP contribution in [0.2, 0.25) is 5.02 Å². The van der Waals surface area contributed by atoms with E-state index in [2.05, 4.69) is 0 Å². The molecule has 0 atom stereocenters. The second-order valence-electron chi connectivity index (χ2n) is 3.93. The zero-order chi connectivity index (χ0) is 13.8. The molecule has 0 aliphatic heterocycles. The Morgan fingerprint density at radius 1 is 1.26 bits per heavy atom. The number of nitrogen functional groups attached to an aromatic ring is 1. The summed E-state index contributed by atoms with van der Waals surface area (Å²) in [5.41, 5.74) is 7.30. The lowest BCUT2D eigenvalue weighted by atomic mass is 10.2. The van der Waals surface area contributed by atoms with Crippen molar-refractivity contribution in [3.05, 3.63) is 52.8 Å². The maximum absolute atomic E-state index is 13.2. The van der Waals surface area contributed by atoms with Gasteiger partial charge in [0.15, 0.2) is 0 Å². The fourth-order valence-electron chi connectivity index (χ4n) is 1.58. The summed E-state index contributed by atoms with van der Waals surface area (Å²) in [5.74, 6) is 0.995. The van der Waals surface area contributed by atoms with Crippen molar-refractivity contribution in [2.24, 2.45) is 0 Å². The molecule has 0 aromatic heterocycles. The van der Waals surface area contributed by atoms with Crippen molar-refractivity contribution in [2.75, 3.05) is 12.8 Å². The van der Waals surface area contributed by atoms with Crippen molar-refractivity contribution >= 4 is 29.1 Å². The highest BCUT2D eigenvalue weighted by Crippen LogP contribution is 2.33. The van der Waals surface area contributed by atoms with Crippen LogP contribution >= 0.6 is 23.4 Å². The summed E-state index contributed by atoms with van der Waals surface area (Å²) >= 11 is 7.52. The zero-order valence-corrected chi connectivity index (χ0v) is 11.9. The molecule has 2 aromatic carbocycles. The molecule has 0 saturated carbocycles. The summed E-state index contributed by atoms with van der Waals surface area (Å²) in [6.07, 6.45) is 0. The van der Waals surface area contributed by atoms with Gasteiger partial charge in [0.25, 0.3) is 0 Å². The van der Waals surface area contributed by atoms with Gasteiger partial charge in [-0.15, -0.1) is 11.8 Å². The molecule has 2 aromatic rings. The van der Waals surface area contributed by atoms with Crippen LogP contribution in [-0.4, -0.2) is 7.11 Å². The molecule has 2 nitrogen and oxygen atoms in total. The van der Waals surface area contributed by atoms with Gasteiger partial charge in [-0.05, 0) is 42.0 Å². The van der Waals surface area contributed by atoms with Gasteiger partial charge in [0.1, 0.15) is 11.6 Å². The van der Waals surface area contributed by atoms with Crippen LogP contribution in [0.25, 0.3) is 0 Å². The first-order valence-corrected chi connectivity index (χ1v) is 6.96. The van der Waals surface area contributed by atoms with Crippen LogP contribution in [0.3, 0.4) is 0 Å². The van der Waals surface area contributed by atoms with Gasteiger partial charge in [-0.1, -0.05) is 11.6 Å². The van der Waals surface area contributed by atoms with Crippen molar-refractivity contribution in [1.82, 2.24) is 0 Å². The van der Waals surface area contributed by atoms with Crippen LogP contribution in [0, 0.1) is 5.82 Å². The maximum Gasteiger partial charge on any atom is 0.123 e. The largest absolute Gasteiger partial charge is 0.497 e. The number of benzene rings is 2. The van der Waals surface area contributed by atoms with Crippen molar-refractivity contribution < 1.29 is 9.13 Å². The summed E-state index contributed by atoms with van der Waals surface area (Å²) in [7, 11) is 1.60. The van der Waals surface area contributed by atoms with E-state index >= 15 is 0 Å². The molecule has 0 amide bonds. The number of methoxy groups -OCH3 is 1. The van der Waals surface area contributed by atoms with Gasteiger partial charge in [0.2, 0.25) is 0 Å². The zero-order valence-electron chi connectivity index (χ0n) is 10.3. The molecule has 2 rings (SSSR count). The highest BCUT2D eigenvalue weighted by atomic mass is 35.5. The Morgan fingerprint density at radius 3 is 2.79 bits per heavy atom. The molecule has 0 spiro atoms. The van der Waals surface area contributed by atoms with Gasteiger partial charge >= 0.3 is 0 Å². The Balaban J connectivity index is 2.16. The summed E-state index contributed by atoms with van der Waals surface area (Å²) in [6, 6.07) is 9.78. The third kappa shape index (κ3) is 3.55. The van der Waals surface area contributed by atoms with E-state index in [1.807, 2.05) is 6.07 Å². The topological polar surface area (TPSA) is 35.2 Å². The average molecular weight is 298 g/mol. The molecule has 2 N–H and O–H groups in total. The molecular formula is C14H13ClFNOS. The molecule has 0 radical (unpaired) electrons. The van der Waals surface area contributed by atoms with Crippen molar-refractivity contribution in [3.8, 4) is 5.75 Å². The van der Waals surface area contributed by atoms with Gasteiger partial charge < -0.3 is 10.5 Å². The van der Waals surface area contributed by atoms with Crippen LogP contribution < -0.4 is 10.5 Å². The quantitative estimate of drug-likeness (QED) is 0.672. The monoisotopic (exact) mass is 297 g/mol. The molecule has 0 fully saturated rings. The van der Waals surface area contributed by atoms with Gasteiger partial charge in [-0.3, -0.25) is 0 Å². The maximum atomic E-state index is 13.2. The first-order chi connectivity index (χ1) is 9.10. The van der Waals surface area contributed by atoms with Crippen LogP contribution in [-0.2, 0) is 5.75 Å². The van der Waals surface area contributed by atoms with Gasteiger partial charge in [-0.25, -0.2) is 4.39 Å². The van der Waals surface area contributed by atoms with E-state index in [4.69, 9.17) is 22.1 Å². The SMILES string of the molecule is COc1ccc(N)c(SCc2cc(F)ccc2Cl)c1. The summed E-state index contributed by atoms with van der Waals surface area (Å²) in [5, 5.41) is 0.551. The normalized spacial score (nSPS) is 10.5. The molecular weight excluding hydrogens is 285 g/mol. The molecule has 5 heteroatoms. The Kier molecular flexibility index (Phi) is 4.56. The molecule has 0 aliphatic carbocycles. The molecule has 0 bridgehead atoms. The predicted octanol–water partition coefficient (Wildman–Crippen LogP) is 4.36. The number of hydrogen-bond donors (Lipinski definition) is 1. The fourth-order valence-corrected chi connectivity index (χ4v) is 2.82. The van der Waals surface area contributed by atoms with Crippen LogP contribution in [0.15, 0.2) is 41.3 Å². The number of thioether (sulfide) groups is 1. The number of anilines is 1. The van der Waals surface area contributed by atoms with Crippen molar-refractivity contribution in [1.29, 1.82) is 0 Å². The van der Waals surface area contributed by atoms with Gasteiger partial charge in [0, 0.05) is 21.4 Å². The third-order valence-electron chi connectivity index (χ3n) is 2.61. The highest BCUT2D eigenvalue weighted by molar-refractivity contribution is 7.98. The standard InChI is InChI=1S/C14H13ClFNOS/c1-18-11-3-5-13(17)14(7-11)19-8-9-6-10(16)2-4-12(9)15/h2-7H,8,17H2,1H3. The van der Waals surface area contributed by atoms with Crippen molar-refractivity contribution in [2.45, 2.75) is 10.6 Å². The van der Waals surface area contributed by atoms with Crippen LogP contribution in [0.5, 0.6) is 5.75 Å². The van der Waals surface area contributed by atoms with Crippen molar-refractivity contribution in [3.63, 3.8) is 0 Å². The first-order valence-electron chi connectivity index (χ1n) is 5.60. The Morgan fingerprint density at radius 2 is 2.05 bits per heavy atom. The van der Waals surface area contributed by atoms with E-state index in [1.165, 1.54) is 23.9 Å². The summed E-state index contributed by atoms with van der Waals surface area (Å²) < 4.78 is 18.3. The Labute approximate surface area is 120 Å². The van der Waals surface area contributed by atoms with E-state index < -0.39 is 0 Å².